The lowest BCUT2D eigenvalue weighted by Gasteiger charge is -2.06. The van der Waals surface area contributed by atoms with Crippen molar-refractivity contribution in [3.8, 4) is 5.75 Å². The monoisotopic (exact) mass is 295 g/mol. The summed E-state index contributed by atoms with van der Waals surface area (Å²) >= 11 is 0. The highest BCUT2D eigenvalue weighted by molar-refractivity contribution is 5.92. The van der Waals surface area contributed by atoms with Crippen LogP contribution in [0.2, 0.25) is 0 Å². The van der Waals surface area contributed by atoms with Gasteiger partial charge in [-0.05, 0) is 48.2 Å². The highest BCUT2D eigenvalue weighted by atomic mass is 16.5. The number of amides is 1. The summed E-state index contributed by atoms with van der Waals surface area (Å²) in [4.78, 5) is 19.4. The number of carbonyl (C=O) groups is 1. The van der Waals surface area contributed by atoms with Crippen molar-refractivity contribution in [2.75, 3.05) is 11.9 Å². The quantitative estimate of drug-likeness (QED) is 0.760. The van der Waals surface area contributed by atoms with Crippen molar-refractivity contribution >= 4 is 22.6 Å². The van der Waals surface area contributed by atoms with Crippen LogP contribution < -0.4 is 10.1 Å². The van der Waals surface area contributed by atoms with Crippen LogP contribution in [0.5, 0.6) is 5.75 Å². The van der Waals surface area contributed by atoms with Gasteiger partial charge in [0, 0.05) is 11.7 Å². The van der Waals surface area contributed by atoms with Gasteiger partial charge in [-0.2, -0.15) is 0 Å². The number of benzene rings is 1. The lowest BCUT2D eigenvalue weighted by atomic mass is 10.1. The van der Waals surface area contributed by atoms with E-state index in [1.807, 2.05) is 37.4 Å². The molecule has 5 heteroatoms. The minimum Gasteiger partial charge on any atom is -0.492 e. The van der Waals surface area contributed by atoms with Gasteiger partial charge in [0.2, 0.25) is 5.91 Å². The minimum atomic E-state index is -0.0912. The number of carbonyl (C=O) groups excluding carboxylic acids is 1. The Labute approximate surface area is 128 Å². The molecular formula is C17H17N3O2. The van der Waals surface area contributed by atoms with E-state index in [9.17, 15) is 4.79 Å². The van der Waals surface area contributed by atoms with Crippen molar-refractivity contribution < 1.29 is 9.53 Å². The van der Waals surface area contributed by atoms with Crippen LogP contribution in [0.15, 0.2) is 48.8 Å². The number of hydrogen-bond donors (Lipinski definition) is 2. The van der Waals surface area contributed by atoms with Crippen molar-refractivity contribution in [2.24, 2.45) is 0 Å². The molecule has 5 nitrogen and oxygen atoms in total. The summed E-state index contributed by atoms with van der Waals surface area (Å²) in [5.74, 6) is 1.13. The van der Waals surface area contributed by atoms with Crippen molar-refractivity contribution in [2.45, 2.75) is 13.3 Å². The van der Waals surface area contributed by atoms with Crippen LogP contribution in [-0.4, -0.2) is 22.5 Å². The first-order valence-electron chi connectivity index (χ1n) is 7.19. The van der Waals surface area contributed by atoms with E-state index < -0.39 is 0 Å². The Bertz CT molecular complexity index is 778. The zero-order chi connectivity index (χ0) is 15.4. The molecule has 2 heterocycles. The summed E-state index contributed by atoms with van der Waals surface area (Å²) in [7, 11) is 0. The van der Waals surface area contributed by atoms with Gasteiger partial charge >= 0.3 is 0 Å². The number of anilines is 1. The molecule has 1 aromatic carbocycles. The first-order valence-corrected chi connectivity index (χ1v) is 7.19. The van der Waals surface area contributed by atoms with E-state index in [-0.39, 0.29) is 5.91 Å². The second-order valence-corrected chi connectivity index (χ2v) is 4.94. The fourth-order valence-electron chi connectivity index (χ4n) is 2.29. The number of ether oxygens (including phenoxy) is 1. The molecule has 0 spiro atoms. The summed E-state index contributed by atoms with van der Waals surface area (Å²) in [5.41, 5.74) is 2.04. The molecule has 3 aromatic rings. The Morgan fingerprint density at radius 3 is 2.95 bits per heavy atom. The van der Waals surface area contributed by atoms with Crippen molar-refractivity contribution in [3.63, 3.8) is 0 Å². The van der Waals surface area contributed by atoms with Crippen LogP contribution in [0.1, 0.15) is 12.5 Å². The van der Waals surface area contributed by atoms with Gasteiger partial charge in [-0.25, -0.2) is 4.98 Å². The molecule has 3 rings (SSSR count). The van der Waals surface area contributed by atoms with Gasteiger partial charge in [0.15, 0.2) is 0 Å². The van der Waals surface area contributed by atoms with Gasteiger partial charge < -0.3 is 15.0 Å². The van der Waals surface area contributed by atoms with Crippen LogP contribution in [0.4, 0.5) is 5.82 Å². The average Bonchev–Trinajstić information content (AvgIpc) is 2.97. The SMILES string of the molecule is CCOc1ccc(NC(=O)Cc2ccc3[nH]ccc3c2)nc1. The van der Waals surface area contributed by atoms with Crippen LogP contribution >= 0.6 is 0 Å². The smallest absolute Gasteiger partial charge is 0.229 e. The largest absolute Gasteiger partial charge is 0.492 e. The molecule has 2 aromatic heterocycles. The topological polar surface area (TPSA) is 67.0 Å². The van der Waals surface area contributed by atoms with Crippen LogP contribution in [0, 0.1) is 0 Å². The average molecular weight is 295 g/mol. The summed E-state index contributed by atoms with van der Waals surface area (Å²) in [6, 6.07) is 11.5. The van der Waals surface area contributed by atoms with E-state index in [0.29, 0.717) is 24.6 Å². The number of nitrogens with one attached hydrogen (secondary N) is 2. The standard InChI is InChI=1S/C17H17N3O2/c1-2-22-14-4-6-16(19-11-14)20-17(21)10-12-3-5-15-13(9-12)7-8-18-15/h3-9,11,18H,2,10H2,1H3,(H,19,20,21). The summed E-state index contributed by atoms with van der Waals surface area (Å²) in [5, 5.41) is 3.89. The highest BCUT2D eigenvalue weighted by Gasteiger charge is 2.06. The zero-order valence-corrected chi connectivity index (χ0v) is 12.3. The fourth-order valence-corrected chi connectivity index (χ4v) is 2.29. The normalized spacial score (nSPS) is 10.6. The summed E-state index contributed by atoms with van der Waals surface area (Å²) < 4.78 is 5.32. The van der Waals surface area contributed by atoms with Gasteiger partial charge in [-0.1, -0.05) is 6.07 Å². The fraction of sp³-hybridized carbons (Fsp3) is 0.176. The third kappa shape index (κ3) is 3.25. The number of H-pyrrole nitrogens is 1. The molecule has 0 aliphatic rings. The number of nitrogens with zero attached hydrogens (tertiary/aromatic N) is 1. The maximum atomic E-state index is 12.1. The number of aromatic amines is 1. The lowest BCUT2D eigenvalue weighted by molar-refractivity contribution is -0.115. The maximum absolute atomic E-state index is 12.1. The van der Waals surface area contributed by atoms with Crippen molar-refractivity contribution in [1.29, 1.82) is 0 Å². The van der Waals surface area contributed by atoms with E-state index >= 15 is 0 Å². The van der Waals surface area contributed by atoms with Crippen LogP contribution in [-0.2, 0) is 11.2 Å². The van der Waals surface area contributed by atoms with Gasteiger partial charge in [0.25, 0.3) is 0 Å². The van der Waals surface area contributed by atoms with Gasteiger partial charge in [-0.3, -0.25) is 4.79 Å². The number of fused-ring (bicyclic) bond motifs is 1. The number of pyridine rings is 1. The van der Waals surface area contributed by atoms with Gasteiger partial charge in [0.05, 0.1) is 19.2 Å². The molecule has 0 unspecified atom stereocenters. The Kier molecular flexibility index (Phi) is 4.05. The van der Waals surface area contributed by atoms with Gasteiger partial charge in [-0.15, -0.1) is 0 Å². The molecule has 0 saturated heterocycles. The Morgan fingerprint density at radius 2 is 2.18 bits per heavy atom. The highest BCUT2D eigenvalue weighted by Crippen LogP contribution is 2.16. The predicted molar refractivity (Wildman–Crippen MR) is 86.0 cm³/mol. The van der Waals surface area contributed by atoms with Crippen LogP contribution in [0.25, 0.3) is 10.9 Å². The molecule has 2 N–H and O–H groups in total. The minimum absolute atomic E-state index is 0.0912. The molecule has 0 bridgehead atoms. The molecule has 0 fully saturated rings. The van der Waals surface area contributed by atoms with Crippen molar-refractivity contribution in [1.82, 2.24) is 9.97 Å². The third-order valence-corrected chi connectivity index (χ3v) is 3.30. The molecule has 22 heavy (non-hydrogen) atoms. The number of hydrogen-bond acceptors (Lipinski definition) is 3. The Balaban J connectivity index is 1.63. The van der Waals surface area contributed by atoms with E-state index in [1.54, 1.807) is 18.3 Å². The number of aromatic nitrogens is 2. The molecule has 1 amide bonds. The Hall–Kier alpha value is -2.82. The predicted octanol–water partition coefficient (Wildman–Crippen LogP) is 3.14. The molecular weight excluding hydrogens is 278 g/mol. The van der Waals surface area contributed by atoms with E-state index in [0.717, 1.165) is 16.5 Å². The Morgan fingerprint density at radius 1 is 1.27 bits per heavy atom. The van der Waals surface area contributed by atoms with E-state index in [2.05, 4.69) is 15.3 Å². The second-order valence-electron chi connectivity index (χ2n) is 4.94. The first-order chi connectivity index (χ1) is 10.7. The zero-order valence-electron chi connectivity index (χ0n) is 12.3. The molecule has 0 atom stereocenters. The lowest BCUT2D eigenvalue weighted by Crippen LogP contribution is -2.15. The van der Waals surface area contributed by atoms with E-state index in [4.69, 9.17) is 4.74 Å². The molecule has 0 aliphatic carbocycles. The third-order valence-electron chi connectivity index (χ3n) is 3.30. The molecule has 0 saturated carbocycles. The molecule has 0 aliphatic heterocycles. The number of rotatable bonds is 5. The second kappa shape index (κ2) is 6.30. The summed E-state index contributed by atoms with van der Waals surface area (Å²) in [6.45, 7) is 2.51. The van der Waals surface area contributed by atoms with E-state index in [1.165, 1.54) is 0 Å². The van der Waals surface area contributed by atoms with Crippen molar-refractivity contribution in [3.05, 3.63) is 54.4 Å². The van der Waals surface area contributed by atoms with Crippen LogP contribution in [0.3, 0.4) is 0 Å². The van der Waals surface area contributed by atoms with Gasteiger partial charge in [0.1, 0.15) is 11.6 Å². The summed E-state index contributed by atoms with van der Waals surface area (Å²) in [6.07, 6.45) is 3.80. The molecule has 112 valence electrons. The molecule has 0 radical (unpaired) electrons. The maximum Gasteiger partial charge on any atom is 0.229 e. The first kappa shape index (κ1) is 14.1.